The fourth-order valence-electron chi connectivity index (χ4n) is 2.45. The summed E-state index contributed by atoms with van der Waals surface area (Å²) in [5, 5.41) is 2.75. The van der Waals surface area contributed by atoms with Crippen LogP contribution in [0, 0.1) is 0 Å². The van der Waals surface area contributed by atoms with Gasteiger partial charge in [0, 0.05) is 27.2 Å². The number of hydrogen-bond acceptors (Lipinski definition) is 3. The lowest BCUT2D eigenvalue weighted by Crippen LogP contribution is -2.50. The summed E-state index contributed by atoms with van der Waals surface area (Å²) < 4.78 is 5.12. The van der Waals surface area contributed by atoms with Crippen molar-refractivity contribution < 1.29 is 9.53 Å². The highest BCUT2D eigenvalue weighted by atomic mass is 16.5. The third kappa shape index (κ3) is 2.71. The van der Waals surface area contributed by atoms with E-state index >= 15 is 0 Å². The number of benzene rings is 1. The highest BCUT2D eigenvalue weighted by Crippen LogP contribution is 2.23. The molecule has 0 aromatic heterocycles. The van der Waals surface area contributed by atoms with Gasteiger partial charge < -0.3 is 10.1 Å². The second-order valence-corrected chi connectivity index (χ2v) is 4.57. The predicted octanol–water partition coefficient (Wildman–Crippen LogP) is 0.806. The Labute approximate surface area is 108 Å². The number of ether oxygens (including phenoxy) is 1. The average molecular weight is 248 g/mol. The topological polar surface area (TPSA) is 41.6 Å². The molecule has 1 aliphatic rings. The highest BCUT2D eigenvalue weighted by molar-refractivity contribution is 5.82. The van der Waals surface area contributed by atoms with Crippen LogP contribution in [0.25, 0.3) is 0 Å². The third-order valence-corrected chi connectivity index (χ3v) is 3.48. The summed E-state index contributed by atoms with van der Waals surface area (Å²) in [4.78, 5) is 14.1. The number of nitrogens with one attached hydrogen (secondary N) is 1. The van der Waals surface area contributed by atoms with Gasteiger partial charge in [-0.25, -0.2) is 0 Å². The summed E-state index contributed by atoms with van der Waals surface area (Å²) in [6.07, 6.45) is 0.777. The van der Waals surface area contributed by atoms with Gasteiger partial charge in [-0.05, 0) is 17.5 Å². The molecule has 4 heteroatoms. The third-order valence-electron chi connectivity index (χ3n) is 3.48. The fourth-order valence-corrected chi connectivity index (χ4v) is 2.45. The molecule has 1 aromatic carbocycles. The molecule has 1 unspecified atom stereocenters. The maximum absolute atomic E-state index is 12.0. The van der Waals surface area contributed by atoms with Crippen LogP contribution in [0.15, 0.2) is 24.3 Å². The molecule has 1 N–H and O–H groups in total. The van der Waals surface area contributed by atoms with Crippen LogP contribution in [0.1, 0.15) is 11.1 Å². The smallest absolute Gasteiger partial charge is 0.237 e. The molecular formula is C14H20N2O2. The van der Waals surface area contributed by atoms with Crippen molar-refractivity contribution in [3.63, 3.8) is 0 Å². The predicted molar refractivity (Wildman–Crippen MR) is 70.3 cm³/mol. The van der Waals surface area contributed by atoms with Crippen LogP contribution >= 0.6 is 0 Å². The van der Waals surface area contributed by atoms with Crippen LogP contribution in [0.5, 0.6) is 0 Å². The maximum atomic E-state index is 12.0. The van der Waals surface area contributed by atoms with Gasteiger partial charge in [0.05, 0.1) is 12.6 Å². The van der Waals surface area contributed by atoms with E-state index in [0.29, 0.717) is 6.61 Å². The van der Waals surface area contributed by atoms with Gasteiger partial charge in [-0.2, -0.15) is 0 Å². The molecule has 4 nitrogen and oxygen atoms in total. The van der Waals surface area contributed by atoms with Gasteiger partial charge >= 0.3 is 0 Å². The van der Waals surface area contributed by atoms with Crippen molar-refractivity contribution in [2.75, 3.05) is 27.3 Å². The van der Waals surface area contributed by atoms with Crippen molar-refractivity contribution >= 4 is 5.91 Å². The molecule has 2 rings (SSSR count). The Kier molecular flexibility index (Phi) is 4.33. The molecule has 0 saturated heterocycles. The Morgan fingerprint density at radius 1 is 1.44 bits per heavy atom. The summed E-state index contributed by atoms with van der Waals surface area (Å²) in [5.74, 6) is 0.0839. The van der Waals surface area contributed by atoms with Gasteiger partial charge in [-0.3, -0.25) is 9.69 Å². The van der Waals surface area contributed by atoms with Gasteiger partial charge in [0.1, 0.15) is 0 Å². The number of methoxy groups -OCH3 is 1. The first kappa shape index (κ1) is 13.1. The average Bonchev–Trinajstić information content (AvgIpc) is 2.43. The van der Waals surface area contributed by atoms with Crippen LogP contribution in [0.3, 0.4) is 0 Å². The van der Waals surface area contributed by atoms with E-state index in [-0.39, 0.29) is 11.9 Å². The first-order valence-electron chi connectivity index (χ1n) is 6.27. The zero-order valence-corrected chi connectivity index (χ0v) is 11.0. The molecule has 1 aliphatic heterocycles. The summed E-state index contributed by atoms with van der Waals surface area (Å²) in [7, 11) is 3.38. The first-order chi connectivity index (χ1) is 8.76. The van der Waals surface area contributed by atoms with E-state index in [4.69, 9.17) is 4.74 Å². The van der Waals surface area contributed by atoms with Crippen LogP contribution in [-0.2, 0) is 22.5 Å². The Bertz CT molecular complexity index is 420. The highest BCUT2D eigenvalue weighted by Gasteiger charge is 2.30. The van der Waals surface area contributed by atoms with Gasteiger partial charge in [0.25, 0.3) is 0 Å². The van der Waals surface area contributed by atoms with Crippen molar-refractivity contribution in [2.45, 2.75) is 19.0 Å². The number of hydrogen-bond donors (Lipinski definition) is 1. The molecule has 1 atom stereocenters. The Morgan fingerprint density at radius 3 is 2.83 bits per heavy atom. The number of fused-ring (bicyclic) bond motifs is 1. The Balaban J connectivity index is 2.19. The van der Waals surface area contributed by atoms with E-state index in [1.165, 1.54) is 11.1 Å². The molecular weight excluding hydrogens is 228 g/mol. The molecule has 0 bridgehead atoms. The lowest BCUT2D eigenvalue weighted by atomic mass is 9.93. The quantitative estimate of drug-likeness (QED) is 0.857. The monoisotopic (exact) mass is 248 g/mol. The van der Waals surface area contributed by atoms with E-state index in [1.807, 2.05) is 12.1 Å². The van der Waals surface area contributed by atoms with Crippen LogP contribution < -0.4 is 5.32 Å². The number of carbonyl (C=O) groups is 1. The van der Waals surface area contributed by atoms with E-state index in [9.17, 15) is 4.79 Å². The van der Waals surface area contributed by atoms with Crippen molar-refractivity contribution in [1.29, 1.82) is 0 Å². The first-order valence-corrected chi connectivity index (χ1v) is 6.27. The zero-order chi connectivity index (χ0) is 13.0. The minimum Gasteiger partial charge on any atom is -0.383 e. The standard InChI is InChI=1S/C14H20N2O2/c1-15-14(17)13-9-11-5-3-4-6-12(11)10-16(13)7-8-18-2/h3-6,13H,7-10H2,1-2H3,(H,15,17). The second kappa shape index (κ2) is 5.98. The molecule has 1 heterocycles. The van der Waals surface area contributed by atoms with E-state index < -0.39 is 0 Å². The van der Waals surface area contributed by atoms with Crippen LogP contribution in [0.2, 0.25) is 0 Å². The van der Waals surface area contributed by atoms with E-state index in [0.717, 1.165) is 19.5 Å². The van der Waals surface area contributed by atoms with Crippen molar-refractivity contribution in [1.82, 2.24) is 10.2 Å². The van der Waals surface area contributed by atoms with E-state index in [1.54, 1.807) is 14.2 Å². The van der Waals surface area contributed by atoms with Crippen molar-refractivity contribution in [3.05, 3.63) is 35.4 Å². The van der Waals surface area contributed by atoms with Gasteiger partial charge in [0.2, 0.25) is 5.91 Å². The van der Waals surface area contributed by atoms with Crippen molar-refractivity contribution in [2.24, 2.45) is 0 Å². The minimum absolute atomic E-state index is 0.0833. The minimum atomic E-state index is -0.0833. The largest absolute Gasteiger partial charge is 0.383 e. The second-order valence-electron chi connectivity index (χ2n) is 4.57. The summed E-state index contributed by atoms with van der Waals surface area (Å²) >= 11 is 0. The molecule has 1 aromatic rings. The maximum Gasteiger partial charge on any atom is 0.237 e. The van der Waals surface area contributed by atoms with Crippen LogP contribution in [-0.4, -0.2) is 44.2 Å². The summed E-state index contributed by atoms with van der Waals surface area (Å²) in [5.41, 5.74) is 2.59. The Hall–Kier alpha value is -1.39. The number of nitrogens with zero attached hydrogens (tertiary/aromatic N) is 1. The van der Waals surface area contributed by atoms with Crippen molar-refractivity contribution in [3.8, 4) is 0 Å². The lowest BCUT2D eigenvalue weighted by molar-refractivity contribution is -0.126. The molecule has 18 heavy (non-hydrogen) atoms. The lowest BCUT2D eigenvalue weighted by Gasteiger charge is -2.35. The summed E-state index contributed by atoms with van der Waals surface area (Å²) in [6.45, 7) is 2.25. The molecule has 0 aliphatic carbocycles. The summed E-state index contributed by atoms with van der Waals surface area (Å²) in [6, 6.07) is 8.24. The van der Waals surface area contributed by atoms with Gasteiger partial charge in [-0.1, -0.05) is 24.3 Å². The SMILES string of the molecule is CNC(=O)C1Cc2ccccc2CN1CCOC. The molecule has 0 spiro atoms. The molecule has 98 valence electrons. The van der Waals surface area contributed by atoms with Gasteiger partial charge in [0.15, 0.2) is 0 Å². The fraction of sp³-hybridized carbons (Fsp3) is 0.500. The molecule has 0 saturated carbocycles. The Morgan fingerprint density at radius 2 is 2.17 bits per heavy atom. The number of amides is 1. The van der Waals surface area contributed by atoms with Gasteiger partial charge in [-0.15, -0.1) is 0 Å². The molecule has 1 amide bonds. The number of likely N-dealkylation sites (N-methyl/N-ethyl adjacent to an activating group) is 1. The number of carbonyl (C=O) groups excluding carboxylic acids is 1. The molecule has 0 radical (unpaired) electrons. The van der Waals surface area contributed by atoms with E-state index in [2.05, 4.69) is 22.3 Å². The van der Waals surface area contributed by atoms with Crippen LogP contribution in [0.4, 0.5) is 0 Å². The normalized spacial score (nSPS) is 19.3. The molecule has 0 fully saturated rings. The zero-order valence-electron chi connectivity index (χ0n) is 11.0. The number of rotatable bonds is 4.